The standard InChI is InChI=1S/C14H31NO3/c1-13(2)15-12-14(3,4)6-7-17-10-11-18-9-8-16-5/h13,15H,6-12H2,1-5H3. The van der Waals surface area contributed by atoms with E-state index < -0.39 is 0 Å². The molecule has 0 unspecified atom stereocenters. The first-order chi connectivity index (χ1) is 8.48. The molecular weight excluding hydrogens is 230 g/mol. The molecule has 0 fully saturated rings. The molecule has 0 atom stereocenters. The molecule has 0 saturated heterocycles. The van der Waals surface area contributed by atoms with Gasteiger partial charge in [-0.2, -0.15) is 0 Å². The molecule has 0 bridgehead atoms. The topological polar surface area (TPSA) is 39.7 Å². The van der Waals surface area contributed by atoms with Crippen LogP contribution >= 0.6 is 0 Å². The fourth-order valence-corrected chi connectivity index (χ4v) is 1.38. The second-order valence-electron chi connectivity index (χ2n) is 5.67. The molecule has 18 heavy (non-hydrogen) atoms. The molecule has 0 radical (unpaired) electrons. The molecule has 0 aromatic carbocycles. The SMILES string of the molecule is COCCOCCOCCC(C)(C)CNC(C)C. The van der Waals surface area contributed by atoms with Crippen LogP contribution in [0.25, 0.3) is 0 Å². The summed E-state index contributed by atoms with van der Waals surface area (Å²) in [5, 5.41) is 3.47. The average Bonchev–Trinajstić information content (AvgIpc) is 2.30. The normalized spacial score (nSPS) is 12.3. The zero-order valence-corrected chi connectivity index (χ0v) is 12.8. The zero-order valence-electron chi connectivity index (χ0n) is 12.8. The monoisotopic (exact) mass is 261 g/mol. The van der Waals surface area contributed by atoms with Crippen LogP contribution in [-0.4, -0.2) is 52.7 Å². The smallest absolute Gasteiger partial charge is 0.0701 e. The van der Waals surface area contributed by atoms with Crippen LogP contribution in [0.2, 0.25) is 0 Å². The quantitative estimate of drug-likeness (QED) is 0.546. The van der Waals surface area contributed by atoms with Crippen LogP contribution in [0.15, 0.2) is 0 Å². The Labute approximate surface area is 112 Å². The summed E-state index contributed by atoms with van der Waals surface area (Å²) in [5.41, 5.74) is 0.279. The van der Waals surface area contributed by atoms with E-state index in [1.165, 1.54) is 0 Å². The van der Waals surface area contributed by atoms with Crippen molar-refractivity contribution in [3.63, 3.8) is 0 Å². The number of hydrogen-bond acceptors (Lipinski definition) is 4. The first kappa shape index (κ1) is 17.8. The van der Waals surface area contributed by atoms with Crippen molar-refractivity contribution in [1.29, 1.82) is 0 Å². The molecule has 0 amide bonds. The lowest BCUT2D eigenvalue weighted by atomic mass is 9.89. The lowest BCUT2D eigenvalue weighted by Gasteiger charge is -2.26. The van der Waals surface area contributed by atoms with Crippen molar-refractivity contribution in [3.8, 4) is 0 Å². The second-order valence-corrected chi connectivity index (χ2v) is 5.67. The minimum atomic E-state index is 0.279. The van der Waals surface area contributed by atoms with Gasteiger partial charge in [-0.05, 0) is 11.8 Å². The van der Waals surface area contributed by atoms with Crippen LogP contribution in [-0.2, 0) is 14.2 Å². The lowest BCUT2D eigenvalue weighted by molar-refractivity contribution is 0.0184. The van der Waals surface area contributed by atoms with Gasteiger partial charge in [0.15, 0.2) is 0 Å². The van der Waals surface area contributed by atoms with Gasteiger partial charge < -0.3 is 19.5 Å². The molecule has 0 aromatic heterocycles. The molecule has 0 aromatic rings. The Balaban J connectivity index is 3.35. The van der Waals surface area contributed by atoms with Crippen LogP contribution in [0.3, 0.4) is 0 Å². The number of nitrogens with one attached hydrogen (secondary N) is 1. The van der Waals surface area contributed by atoms with Crippen molar-refractivity contribution in [3.05, 3.63) is 0 Å². The Bertz CT molecular complexity index is 184. The highest BCUT2D eigenvalue weighted by Crippen LogP contribution is 2.18. The Kier molecular flexibility index (Phi) is 10.6. The Hall–Kier alpha value is -0.160. The van der Waals surface area contributed by atoms with Gasteiger partial charge in [0.2, 0.25) is 0 Å². The summed E-state index contributed by atoms with van der Waals surface area (Å²) < 4.78 is 15.8. The summed E-state index contributed by atoms with van der Waals surface area (Å²) in [6.07, 6.45) is 1.06. The number of methoxy groups -OCH3 is 1. The van der Waals surface area contributed by atoms with E-state index in [1.54, 1.807) is 7.11 Å². The van der Waals surface area contributed by atoms with Gasteiger partial charge in [-0.15, -0.1) is 0 Å². The number of ether oxygens (including phenoxy) is 3. The molecule has 110 valence electrons. The molecule has 0 aliphatic carbocycles. The maximum absolute atomic E-state index is 5.56. The summed E-state index contributed by atoms with van der Waals surface area (Å²) in [5.74, 6) is 0. The zero-order chi connectivity index (χ0) is 13.9. The van der Waals surface area contributed by atoms with E-state index in [2.05, 4.69) is 33.0 Å². The Morgan fingerprint density at radius 1 is 0.944 bits per heavy atom. The summed E-state index contributed by atoms with van der Waals surface area (Å²) >= 11 is 0. The Morgan fingerprint density at radius 3 is 2.06 bits per heavy atom. The van der Waals surface area contributed by atoms with Gasteiger partial charge in [0.1, 0.15) is 0 Å². The van der Waals surface area contributed by atoms with E-state index >= 15 is 0 Å². The molecule has 0 rings (SSSR count). The predicted octanol–water partition coefficient (Wildman–Crippen LogP) is 2.08. The van der Waals surface area contributed by atoms with Crippen molar-refractivity contribution in [2.45, 2.75) is 40.2 Å². The van der Waals surface area contributed by atoms with Crippen molar-refractivity contribution in [2.24, 2.45) is 5.41 Å². The maximum atomic E-state index is 5.56. The highest BCUT2D eigenvalue weighted by atomic mass is 16.5. The highest BCUT2D eigenvalue weighted by molar-refractivity contribution is 4.72. The third-order valence-electron chi connectivity index (χ3n) is 2.72. The van der Waals surface area contributed by atoms with Crippen molar-refractivity contribution >= 4 is 0 Å². The van der Waals surface area contributed by atoms with E-state index in [9.17, 15) is 0 Å². The Morgan fingerprint density at radius 2 is 1.50 bits per heavy atom. The fraction of sp³-hybridized carbons (Fsp3) is 1.00. The van der Waals surface area contributed by atoms with Crippen molar-refractivity contribution in [1.82, 2.24) is 5.32 Å². The number of rotatable bonds is 12. The summed E-state index contributed by atoms with van der Waals surface area (Å²) in [4.78, 5) is 0. The summed E-state index contributed by atoms with van der Waals surface area (Å²) in [6.45, 7) is 13.3. The molecule has 0 heterocycles. The van der Waals surface area contributed by atoms with Crippen LogP contribution in [0.1, 0.15) is 34.1 Å². The van der Waals surface area contributed by atoms with Gasteiger partial charge in [0.25, 0.3) is 0 Å². The molecule has 0 aliphatic heterocycles. The third-order valence-corrected chi connectivity index (χ3v) is 2.72. The van der Waals surface area contributed by atoms with Gasteiger partial charge in [0, 0.05) is 26.3 Å². The largest absolute Gasteiger partial charge is 0.382 e. The van der Waals surface area contributed by atoms with Crippen molar-refractivity contribution < 1.29 is 14.2 Å². The summed E-state index contributed by atoms with van der Waals surface area (Å²) in [6, 6.07) is 0.541. The van der Waals surface area contributed by atoms with E-state index in [1.807, 2.05) is 0 Å². The highest BCUT2D eigenvalue weighted by Gasteiger charge is 2.17. The van der Waals surface area contributed by atoms with E-state index in [0.29, 0.717) is 32.5 Å². The third kappa shape index (κ3) is 12.3. The maximum Gasteiger partial charge on any atom is 0.0701 e. The molecule has 0 aliphatic rings. The molecule has 1 N–H and O–H groups in total. The summed E-state index contributed by atoms with van der Waals surface area (Å²) in [7, 11) is 1.67. The molecular formula is C14H31NO3. The van der Waals surface area contributed by atoms with E-state index in [-0.39, 0.29) is 5.41 Å². The van der Waals surface area contributed by atoms with E-state index in [0.717, 1.165) is 19.6 Å². The first-order valence-corrected chi connectivity index (χ1v) is 6.86. The molecule has 4 nitrogen and oxygen atoms in total. The van der Waals surface area contributed by atoms with Gasteiger partial charge in [0.05, 0.1) is 26.4 Å². The lowest BCUT2D eigenvalue weighted by Crippen LogP contribution is -2.34. The van der Waals surface area contributed by atoms with E-state index in [4.69, 9.17) is 14.2 Å². The first-order valence-electron chi connectivity index (χ1n) is 6.86. The van der Waals surface area contributed by atoms with Gasteiger partial charge in [-0.3, -0.25) is 0 Å². The predicted molar refractivity (Wildman–Crippen MR) is 75.1 cm³/mol. The van der Waals surface area contributed by atoms with Gasteiger partial charge in [-0.1, -0.05) is 27.7 Å². The second kappa shape index (κ2) is 10.7. The van der Waals surface area contributed by atoms with Crippen LogP contribution < -0.4 is 5.32 Å². The van der Waals surface area contributed by atoms with Crippen LogP contribution in [0, 0.1) is 5.41 Å². The van der Waals surface area contributed by atoms with Crippen molar-refractivity contribution in [2.75, 3.05) is 46.7 Å². The van der Waals surface area contributed by atoms with Crippen LogP contribution in [0.5, 0.6) is 0 Å². The molecule has 0 spiro atoms. The van der Waals surface area contributed by atoms with Crippen LogP contribution in [0.4, 0.5) is 0 Å². The molecule has 4 heteroatoms. The van der Waals surface area contributed by atoms with Gasteiger partial charge in [-0.25, -0.2) is 0 Å². The average molecular weight is 261 g/mol. The fourth-order valence-electron chi connectivity index (χ4n) is 1.38. The molecule has 0 saturated carbocycles. The number of hydrogen-bond donors (Lipinski definition) is 1. The van der Waals surface area contributed by atoms with Gasteiger partial charge >= 0.3 is 0 Å². The minimum absolute atomic E-state index is 0.279. The minimum Gasteiger partial charge on any atom is -0.382 e.